The summed E-state index contributed by atoms with van der Waals surface area (Å²) in [7, 11) is -4.11. The minimum Gasteiger partial charge on any atom is -0.456 e. The van der Waals surface area contributed by atoms with E-state index >= 15 is 0 Å². The number of rotatable bonds is 12. The van der Waals surface area contributed by atoms with Crippen molar-refractivity contribution in [2.45, 2.75) is 46.0 Å². The number of amides is 1. The van der Waals surface area contributed by atoms with Crippen LogP contribution in [0.3, 0.4) is 0 Å². The molecule has 0 unspecified atom stereocenters. The molecule has 1 heterocycles. The summed E-state index contributed by atoms with van der Waals surface area (Å²) in [6, 6.07) is 32.4. The van der Waals surface area contributed by atoms with Gasteiger partial charge in [0, 0.05) is 28.6 Å². The van der Waals surface area contributed by atoms with E-state index in [9.17, 15) is 18.0 Å². The second kappa shape index (κ2) is 14.3. The predicted molar refractivity (Wildman–Crippen MR) is 188 cm³/mol. The minimum atomic E-state index is -4.11. The van der Waals surface area contributed by atoms with Gasteiger partial charge in [-0.3, -0.25) is 14.1 Å². The van der Waals surface area contributed by atoms with Gasteiger partial charge in [0.2, 0.25) is 5.91 Å². The third-order valence-electron chi connectivity index (χ3n) is 7.82. The molecule has 242 valence electrons. The quantitative estimate of drug-likeness (QED) is 0.103. The standard InChI is InChI=1S/C39H39NO6S/c1-39(2,3)23-22-27-10-14-29(15-11-27)34(25-28-12-16-30(17-13-28)35(41)8-6-24-47(43,44)45)38(42)40-33-20-18-31(19-21-33)37-26-32-7-4-5-9-36(32)46-37/h4-5,7,9-23,26,34H,6,8,24-25H2,1-3H3,(H,40,42)(H,43,44,45)/b23-22+/t34-/m1/s1. The Morgan fingerprint density at radius 1 is 0.894 bits per heavy atom. The Bertz CT molecular complexity index is 1950. The predicted octanol–water partition coefficient (Wildman–Crippen LogP) is 8.97. The SMILES string of the molecule is CC(C)(C)/C=C/c1ccc([C@@H](Cc2ccc(C(=O)CCCS(=O)(=O)O)cc2)C(=O)Nc2ccc(-c3cc4ccccc4o3)cc2)cc1. The Balaban J connectivity index is 1.33. The molecule has 47 heavy (non-hydrogen) atoms. The highest BCUT2D eigenvalue weighted by molar-refractivity contribution is 7.85. The molecule has 7 nitrogen and oxygen atoms in total. The lowest BCUT2D eigenvalue weighted by Crippen LogP contribution is -2.23. The van der Waals surface area contributed by atoms with Gasteiger partial charge in [0.05, 0.1) is 11.7 Å². The highest BCUT2D eigenvalue weighted by atomic mass is 32.2. The van der Waals surface area contributed by atoms with Crippen LogP contribution in [0.4, 0.5) is 5.69 Å². The molecule has 0 fully saturated rings. The van der Waals surface area contributed by atoms with Gasteiger partial charge in [-0.15, -0.1) is 0 Å². The van der Waals surface area contributed by atoms with Crippen molar-refractivity contribution in [2.24, 2.45) is 5.41 Å². The number of hydrogen-bond donors (Lipinski definition) is 2. The van der Waals surface area contributed by atoms with Crippen molar-refractivity contribution in [1.29, 1.82) is 0 Å². The lowest BCUT2D eigenvalue weighted by atomic mass is 9.89. The Hall–Kier alpha value is -4.79. The van der Waals surface area contributed by atoms with Crippen molar-refractivity contribution in [3.05, 3.63) is 131 Å². The molecular formula is C39H39NO6S. The van der Waals surface area contributed by atoms with Crippen LogP contribution < -0.4 is 5.32 Å². The molecule has 1 aromatic heterocycles. The van der Waals surface area contributed by atoms with E-state index in [0.717, 1.165) is 39.0 Å². The topological polar surface area (TPSA) is 114 Å². The van der Waals surface area contributed by atoms with E-state index in [1.165, 1.54) is 0 Å². The summed E-state index contributed by atoms with van der Waals surface area (Å²) in [5, 5.41) is 4.11. The van der Waals surface area contributed by atoms with Crippen LogP contribution in [-0.2, 0) is 21.3 Å². The molecule has 0 saturated carbocycles. The van der Waals surface area contributed by atoms with Gasteiger partial charge >= 0.3 is 0 Å². The van der Waals surface area contributed by atoms with E-state index in [0.29, 0.717) is 17.7 Å². The Morgan fingerprint density at radius 3 is 2.21 bits per heavy atom. The van der Waals surface area contributed by atoms with Gasteiger partial charge < -0.3 is 9.73 Å². The van der Waals surface area contributed by atoms with Crippen LogP contribution in [0.1, 0.15) is 66.6 Å². The number of para-hydroxylation sites is 1. The molecule has 0 radical (unpaired) electrons. The van der Waals surface area contributed by atoms with Crippen molar-refractivity contribution >= 4 is 44.5 Å². The number of fused-ring (bicyclic) bond motifs is 1. The Morgan fingerprint density at radius 2 is 1.57 bits per heavy atom. The van der Waals surface area contributed by atoms with Crippen molar-refractivity contribution in [3.8, 4) is 11.3 Å². The third kappa shape index (κ3) is 9.61. The van der Waals surface area contributed by atoms with Gasteiger partial charge in [0.25, 0.3) is 10.1 Å². The van der Waals surface area contributed by atoms with Gasteiger partial charge in [-0.2, -0.15) is 8.42 Å². The van der Waals surface area contributed by atoms with E-state index in [2.05, 4.69) is 38.2 Å². The van der Waals surface area contributed by atoms with Gasteiger partial charge in [-0.25, -0.2) is 0 Å². The summed E-state index contributed by atoms with van der Waals surface area (Å²) in [5.74, 6) is -0.588. The van der Waals surface area contributed by atoms with Crippen molar-refractivity contribution in [2.75, 3.05) is 11.1 Å². The lowest BCUT2D eigenvalue weighted by Gasteiger charge is -2.18. The van der Waals surface area contributed by atoms with Gasteiger partial charge in [0.1, 0.15) is 11.3 Å². The number of benzene rings is 4. The first-order valence-electron chi connectivity index (χ1n) is 15.6. The van der Waals surface area contributed by atoms with Crippen molar-refractivity contribution in [3.63, 3.8) is 0 Å². The average molecular weight is 650 g/mol. The number of ketones is 1. The van der Waals surface area contributed by atoms with Gasteiger partial charge in [0.15, 0.2) is 5.78 Å². The molecular weight excluding hydrogens is 610 g/mol. The largest absolute Gasteiger partial charge is 0.456 e. The number of anilines is 1. The number of nitrogens with one attached hydrogen (secondary N) is 1. The summed E-state index contributed by atoms with van der Waals surface area (Å²) in [5.41, 5.74) is 5.65. The third-order valence-corrected chi connectivity index (χ3v) is 8.62. The smallest absolute Gasteiger partial charge is 0.264 e. The fourth-order valence-electron chi connectivity index (χ4n) is 5.24. The molecule has 8 heteroatoms. The molecule has 0 aliphatic heterocycles. The monoisotopic (exact) mass is 649 g/mol. The second-order valence-electron chi connectivity index (χ2n) is 12.8. The van der Waals surface area contributed by atoms with E-state index in [1.807, 2.05) is 91.0 Å². The maximum atomic E-state index is 13.8. The molecule has 0 aliphatic carbocycles. The maximum Gasteiger partial charge on any atom is 0.264 e. The van der Waals surface area contributed by atoms with Crippen LogP contribution in [0.15, 0.2) is 114 Å². The number of furan rings is 1. The number of allylic oxidation sites excluding steroid dienone is 1. The first-order valence-corrected chi connectivity index (χ1v) is 17.2. The van der Waals surface area contributed by atoms with Gasteiger partial charge in [-0.1, -0.05) is 99.7 Å². The molecule has 0 aliphatic rings. The zero-order valence-electron chi connectivity index (χ0n) is 26.8. The van der Waals surface area contributed by atoms with E-state index in [4.69, 9.17) is 8.97 Å². The highest BCUT2D eigenvalue weighted by Crippen LogP contribution is 2.30. The summed E-state index contributed by atoms with van der Waals surface area (Å²) in [6.07, 6.45) is 4.68. The molecule has 1 atom stereocenters. The Labute approximate surface area is 276 Å². The van der Waals surface area contributed by atoms with Crippen molar-refractivity contribution in [1.82, 2.24) is 0 Å². The number of Topliss-reactive ketones (excluding diaryl/α,β-unsaturated/α-hetero) is 1. The normalized spacial score (nSPS) is 12.8. The van der Waals surface area contributed by atoms with E-state index in [-0.39, 0.29) is 29.9 Å². The lowest BCUT2D eigenvalue weighted by molar-refractivity contribution is -0.117. The molecule has 0 bridgehead atoms. The van der Waals surface area contributed by atoms with E-state index < -0.39 is 21.8 Å². The second-order valence-corrected chi connectivity index (χ2v) is 14.4. The van der Waals surface area contributed by atoms with E-state index in [1.54, 1.807) is 12.1 Å². The van der Waals surface area contributed by atoms with Crippen LogP contribution >= 0.6 is 0 Å². The zero-order valence-corrected chi connectivity index (χ0v) is 27.6. The van der Waals surface area contributed by atoms with Crippen molar-refractivity contribution < 1.29 is 27.0 Å². The first-order chi connectivity index (χ1) is 22.3. The molecule has 0 saturated heterocycles. The molecule has 5 aromatic rings. The van der Waals surface area contributed by atoms with Gasteiger partial charge in [-0.05, 0) is 71.3 Å². The molecule has 4 aromatic carbocycles. The summed E-state index contributed by atoms with van der Waals surface area (Å²) in [6.45, 7) is 6.42. The Kier molecular flexibility index (Phi) is 10.2. The van der Waals surface area contributed by atoms with Crippen LogP contribution in [0.25, 0.3) is 28.4 Å². The number of carbonyl (C=O) groups excluding carboxylic acids is 2. The average Bonchev–Trinajstić information content (AvgIpc) is 3.47. The van der Waals surface area contributed by atoms with Crippen LogP contribution in [0.2, 0.25) is 0 Å². The molecule has 0 spiro atoms. The molecule has 5 rings (SSSR count). The number of carbonyl (C=O) groups is 2. The highest BCUT2D eigenvalue weighted by Gasteiger charge is 2.22. The zero-order chi connectivity index (χ0) is 33.6. The molecule has 2 N–H and O–H groups in total. The van der Waals surface area contributed by atoms with Crippen LogP contribution in [0, 0.1) is 5.41 Å². The minimum absolute atomic E-state index is 0.00924. The van der Waals surface area contributed by atoms with Crippen LogP contribution in [0.5, 0.6) is 0 Å². The first kappa shape index (κ1) is 33.6. The fraction of sp³-hybridized carbons (Fsp3) is 0.231. The summed E-state index contributed by atoms with van der Waals surface area (Å²) < 4.78 is 36.9. The summed E-state index contributed by atoms with van der Waals surface area (Å²) >= 11 is 0. The number of hydrogen-bond acceptors (Lipinski definition) is 5. The van der Waals surface area contributed by atoms with Crippen LogP contribution in [-0.4, -0.2) is 30.4 Å². The summed E-state index contributed by atoms with van der Waals surface area (Å²) in [4.78, 5) is 26.4. The fourth-order valence-corrected chi connectivity index (χ4v) is 5.75. The maximum absolute atomic E-state index is 13.8. The molecule has 1 amide bonds.